The highest BCUT2D eigenvalue weighted by Crippen LogP contribution is 2.25. The maximum absolute atomic E-state index is 12.4. The lowest BCUT2D eigenvalue weighted by Gasteiger charge is -2.21. The van der Waals surface area contributed by atoms with E-state index in [1.54, 1.807) is 38.1 Å². The third kappa shape index (κ3) is 6.38. The first-order chi connectivity index (χ1) is 16.3. The normalized spacial score (nSPS) is 10.9. The van der Waals surface area contributed by atoms with E-state index in [0.29, 0.717) is 16.4 Å². The number of thioether (sulfide) groups is 1. The van der Waals surface area contributed by atoms with Gasteiger partial charge in [-0.15, -0.1) is 10.2 Å². The van der Waals surface area contributed by atoms with Crippen molar-refractivity contribution in [3.05, 3.63) is 54.1 Å². The van der Waals surface area contributed by atoms with Crippen molar-refractivity contribution in [2.45, 2.75) is 39.0 Å². The Labute approximate surface area is 204 Å². The van der Waals surface area contributed by atoms with Crippen molar-refractivity contribution in [1.82, 2.24) is 14.8 Å². The van der Waals surface area contributed by atoms with Gasteiger partial charge in [-0.2, -0.15) is 0 Å². The molecule has 0 radical (unpaired) electrons. The van der Waals surface area contributed by atoms with Crippen LogP contribution in [0.2, 0.25) is 0 Å². The van der Waals surface area contributed by atoms with Crippen LogP contribution in [0.1, 0.15) is 38.1 Å². The number of aromatic nitrogens is 3. The van der Waals surface area contributed by atoms with E-state index in [1.165, 1.54) is 17.4 Å². The molecule has 1 heterocycles. The summed E-state index contributed by atoms with van der Waals surface area (Å²) in [4.78, 5) is 26.6. The number of rotatable bonds is 10. The number of carbonyl (C=O) groups is 2. The molecule has 1 N–H and O–H groups in total. The molecule has 0 aliphatic rings. The van der Waals surface area contributed by atoms with Crippen molar-refractivity contribution in [3.8, 4) is 11.4 Å². The zero-order valence-electron chi connectivity index (χ0n) is 20.2. The summed E-state index contributed by atoms with van der Waals surface area (Å²) in [6.45, 7) is 9.78. The van der Waals surface area contributed by atoms with E-state index in [-0.39, 0.29) is 23.7 Å². The number of benzene rings is 2. The maximum atomic E-state index is 12.4. The van der Waals surface area contributed by atoms with Gasteiger partial charge in [0.05, 0.1) is 17.4 Å². The van der Waals surface area contributed by atoms with Crippen LogP contribution in [-0.4, -0.2) is 51.6 Å². The Hall–Kier alpha value is -3.33. The summed E-state index contributed by atoms with van der Waals surface area (Å²) >= 11 is 1.32. The number of carbonyl (C=O) groups excluding carboxylic acids is 2. The van der Waals surface area contributed by atoms with E-state index in [2.05, 4.69) is 46.4 Å². The van der Waals surface area contributed by atoms with Crippen molar-refractivity contribution in [1.29, 1.82) is 0 Å². The van der Waals surface area contributed by atoms with Crippen LogP contribution >= 0.6 is 11.8 Å². The molecule has 9 heteroatoms. The van der Waals surface area contributed by atoms with Crippen LogP contribution in [0.4, 0.5) is 11.4 Å². The van der Waals surface area contributed by atoms with Crippen molar-refractivity contribution >= 4 is 35.0 Å². The van der Waals surface area contributed by atoms with Gasteiger partial charge in [0.15, 0.2) is 11.0 Å². The smallest absolute Gasteiger partial charge is 0.338 e. The highest BCUT2D eigenvalue weighted by molar-refractivity contribution is 7.99. The second-order valence-electron chi connectivity index (χ2n) is 7.95. The van der Waals surface area contributed by atoms with Crippen LogP contribution in [0.15, 0.2) is 53.7 Å². The Morgan fingerprint density at radius 3 is 2.26 bits per heavy atom. The molecule has 34 heavy (non-hydrogen) atoms. The quantitative estimate of drug-likeness (QED) is 0.334. The molecule has 0 atom stereocenters. The van der Waals surface area contributed by atoms with Crippen LogP contribution in [0, 0.1) is 0 Å². The van der Waals surface area contributed by atoms with Gasteiger partial charge in [0.25, 0.3) is 0 Å². The van der Waals surface area contributed by atoms with Crippen molar-refractivity contribution in [2.75, 3.05) is 29.1 Å². The van der Waals surface area contributed by atoms with Gasteiger partial charge in [-0.05, 0) is 76.2 Å². The fourth-order valence-electron chi connectivity index (χ4n) is 3.40. The Morgan fingerprint density at radius 2 is 1.68 bits per heavy atom. The number of anilines is 2. The zero-order chi connectivity index (χ0) is 24.7. The van der Waals surface area contributed by atoms with Gasteiger partial charge in [-0.25, -0.2) is 4.79 Å². The average Bonchev–Trinajstić information content (AvgIpc) is 3.19. The standard InChI is InChI=1S/C25H31N5O3S/c1-6-30(7-2)21-14-10-18(11-15-21)23-27-28-25(29(23)5)34-16-22(31)26-20-12-8-19(9-13-20)24(32)33-17(3)4/h8-15,17H,6-7,16H2,1-5H3,(H,26,31). The summed E-state index contributed by atoms with van der Waals surface area (Å²) in [5, 5.41) is 12.1. The molecule has 1 amide bonds. The molecule has 3 aromatic rings. The van der Waals surface area contributed by atoms with Gasteiger partial charge < -0.3 is 19.5 Å². The lowest BCUT2D eigenvalue weighted by atomic mass is 10.2. The van der Waals surface area contributed by atoms with Gasteiger partial charge in [-0.3, -0.25) is 4.79 Å². The first-order valence-corrected chi connectivity index (χ1v) is 12.3. The minimum Gasteiger partial charge on any atom is -0.459 e. The molecule has 0 spiro atoms. The second kappa shape index (κ2) is 11.7. The number of ether oxygens (including phenoxy) is 1. The Bertz CT molecular complexity index is 1110. The number of amides is 1. The SMILES string of the molecule is CCN(CC)c1ccc(-c2nnc(SCC(=O)Nc3ccc(C(=O)OC(C)C)cc3)n2C)cc1. The third-order valence-corrected chi connectivity index (χ3v) is 6.19. The number of hydrogen-bond acceptors (Lipinski definition) is 7. The average molecular weight is 482 g/mol. The van der Waals surface area contributed by atoms with Crippen LogP contribution in [-0.2, 0) is 16.6 Å². The van der Waals surface area contributed by atoms with Gasteiger partial charge in [0, 0.05) is 37.1 Å². The minimum absolute atomic E-state index is 0.171. The molecule has 3 rings (SSSR count). The number of esters is 1. The minimum atomic E-state index is -0.385. The highest BCUT2D eigenvalue weighted by atomic mass is 32.2. The van der Waals surface area contributed by atoms with Gasteiger partial charge in [0.1, 0.15) is 0 Å². The largest absolute Gasteiger partial charge is 0.459 e. The fraction of sp³-hybridized carbons (Fsp3) is 0.360. The molecular formula is C25H31N5O3S. The maximum Gasteiger partial charge on any atom is 0.338 e. The predicted octanol–water partition coefficient (Wildman–Crippen LogP) is 4.62. The number of nitrogens with zero attached hydrogens (tertiary/aromatic N) is 4. The summed E-state index contributed by atoms with van der Waals surface area (Å²) < 4.78 is 7.06. The second-order valence-corrected chi connectivity index (χ2v) is 8.90. The molecule has 8 nitrogen and oxygen atoms in total. The van der Waals surface area contributed by atoms with Gasteiger partial charge >= 0.3 is 5.97 Å². The number of hydrogen-bond donors (Lipinski definition) is 1. The first-order valence-electron chi connectivity index (χ1n) is 11.3. The molecule has 0 fully saturated rings. The molecular weight excluding hydrogens is 450 g/mol. The van der Waals surface area contributed by atoms with Crippen LogP contribution in [0.3, 0.4) is 0 Å². The van der Waals surface area contributed by atoms with Crippen LogP contribution < -0.4 is 10.2 Å². The number of nitrogens with one attached hydrogen (secondary N) is 1. The lowest BCUT2D eigenvalue weighted by Crippen LogP contribution is -2.21. The van der Waals surface area contributed by atoms with E-state index >= 15 is 0 Å². The van der Waals surface area contributed by atoms with E-state index in [0.717, 1.165) is 24.5 Å². The summed E-state index contributed by atoms with van der Waals surface area (Å²) in [6.07, 6.45) is -0.183. The Morgan fingerprint density at radius 1 is 1.03 bits per heavy atom. The van der Waals surface area contributed by atoms with Crippen molar-refractivity contribution < 1.29 is 14.3 Å². The predicted molar refractivity (Wildman–Crippen MR) is 136 cm³/mol. The molecule has 0 saturated carbocycles. The molecule has 0 saturated heterocycles. The topological polar surface area (TPSA) is 89.3 Å². The van der Waals surface area contributed by atoms with E-state index in [4.69, 9.17) is 4.74 Å². The van der Waals surface area contributed by atoms with E-state index in [1.807, 2.05) is 23.7 Å². The van der Waals surface area contributed by atoms with Crippen molar-refractivity contribution in [2.24, 2.45) is 7.05 Å². The lowest BCUT2D eigenvalue weighted by molar-refractivity contribution is -0.113. The summed E-state index contributed by atoms with van der Waals surface area (Å²) in [5.74, 6) is 0.377. The molecule has 0 bridgehead atoms. The first kappa shape index (κ1) is 25.3. The van der Waals surface area contributed by atoms with E-state index < -0.39 is 0 Å². The molecule has 2 aromatic carbocycles. The molecule has 0 aliphatic heterocycles. The van der Waals surface area contributed by atoms with Gasteiger partial charge in [0.2, 0.25) is 5.91 Å². The summed E-state index contributed by atoms with van der Waals surface area (Å²) in [6, 6.07) is 14.9. The zero-order valence-corrected chi connectivity index (χ0v) is 21.1. The van der Waals surface area contributed by atoms with Crippen LogP contribution in [0.5, 0.6) is 0 Å². The van der Waals surface area contributed by atoms with E-state index in [9.17, 15) is 9.59 Å². The molecule has 1 aromatic heterocycles. The molecule has 180 valence electrons. The van der Waals surface area contributed by atoms with Crippen molar-refractivity contribution in [3.63, 3.8) is 0 Å². The van der Waals surface area contributed by atoms with Gasteiger partial charge in [-0.1, -0.05) is 11.8 Å². The summed E-state index contributed by atoms with van der Waals surface area (Å²) in [5.41, 5.74) is 3.20. The fourth-order valence-corrected chi connectivity index (χ4v) is 4.11. The Kier molecular flexibility index (Phi) is 8.70. The molecule has 0 unspecified atom stereocenters. The summed E-state index contributed by atoms with van der Waals surface area (Å²) in [7, 11) is 1.89. The third-order valence-electron chi connectivity index (χ3n) is 5.17. The Balaban J connectivity index is 1.57. The van der Waals surface area contributed by atoms with Crippen LogP contribution in [0.25, 0.3) is 11.4 Å². The monoisotopic (exact) mass is 481 g/mol. The molecule has 0 aliphatic carbocycles. The highest BCUT2D eigenvalue weighted by Gasteiger charge is 2.14.